The number of para-hydroxylation sites is 5. The first-order valence-corrected chi connectivity index (χ1v) is 28.2. The molecule has 1 aliphatic heterocycles. The predicted octanol–water partition coefficient (Wildman–Crippen LogP) is 18.5. The molecule has 0 saturated heterocycles. The molecule has 0 N–H and O–H groups in total. The van der Waals surface area contributed by atoms with Crippen molar-refractivity contribution in [3.63, 3.8) is 0 Å². The first-order valence-electron chi connectivity index (χ1n) is 34.1. The number of hydrogen-bond donors (Lipinski definition) is 0. The molecule has 1 aliphatic rings. The number of imidazole rings is 1. The monoisotopic (exact) mass is 1250 g/mol. The number of benzene rings is 9. The topological polar surface area (TPSA) is 38.5 Å². The first-order chi connectivity index (χ1) is 44.9. The number of aromatic nitrogens is 3. The Kier molecular flexibility index (Phi) is 10.7. The normalized spacial score (nSPS) is 15.5. The summed E-state index contributed by atoms with van der Waals surface area (Å²) in [6, 6.07) is 49.6. The Balaban J connectivity index is 1.14. The summed E-state index contributed by atoms with van der Waals surface area (Å²) in [5, 5.41) is 0. The van der Waals surface area contributed by atoms with Crippen LogP contribution in [0.4, 0.5) is 22.9 Å². The fourth-order valence-electron chi connectivity index (χ4n) is 10.7. The van der Waals surface area contributed by atoms with E-state index in [1.165, 1.54) is 0 Å². The summed E-state index contributed by atoms with van der Waals surface area (Å²) in [5.74, 6) is -0.592. The fraction of sp³-hybridized carbons (Fsp3) is 0.178. The van der Waals surface area contributed by atoms with Crippen LogP contribution in [0.15, 0.2) is 236 Å². The van der Waals surface area contributed by atoms with Crippen LogP contribution in [0.2, 0.25) is 0 Å². The maximum atomic E-state index is 10.0. The molecule has 8 heteroatoms. The summed E-state index contributed by atoms with van der Waals surface area (Å²) in [7, 11) is 0. The van der Waals surface area contributed by atoms with Crippen LogP contribution in [0.1, 0.15) is 91.3 Å². The molecule has 0 bridgehead atoms. The molecule has 2 aromatic heterocycles. The number of ether oxygens (including phenoxy) is 1. The first kappa shape index (κ1) is 39.2. The van der Waals surface area contributed by atoms with Crippen molar-refractivity contribution in [2.24, 2.45) is 11.3 Å². The van der Waals surface area contributed by atoms with E-state index in [0.717, 1.165) is 28.1 Å². The number of nitrogens with zero attached hydrogens (tertiary/aromatic N) is 5. The van der Waals surface area contributed by atoms with Gasteiger partial charge in [0.05, 0.1) is 1.37 Å². The van der Waals surface area contributed by atoms with Crippen molar-refractivity contribution in [2.75, 3.05) is 9.62 Å². The summed E-state index contributed by atoms with van der Waals surface area (Å²) in [6.45, 7) is 14.5. The number of rotatable bonds is 13. The Morgan fingerprint density at radius 1 is 0.580 bits per heavy atom. The van der Waals surface area contributed by atoms with E-state index in [4.69, 9.17) is 17.9 Å². The standard InChI is InChI=1S/C73H68BN5O.Pt/c1-51(2)44-56-47-68(79-67-39-24-23-38-66(67)78(59-32-19-12-20-33-59)74(79)58-30-17-11-18-31-58)75-71(69(56)55-28-15-10-16-29-55)80-61-35-25-34-60(48-61)76-50-77(65-37-22-21-36-64(65)76)70-62(53-26-13-9-14-27-53)45-52(49-72(3,4)5)46-63(70)54-40-42-57(43-41-54)73(6,7)8;/h9-43,45-48,51H,44,49H2,1-8H3;/i9D,10D,13D,14D,15D,16D,26D,27D,28D,29D,44D2,49D2;. The molecule has 0 saturated carbocycles. The molecule has 0 amide bonds. The molecular weight excluding hydrogens is 1170 g/mol. The van der Waals surface area contributed by atoms with E-state index in [2.05, 4.69) is 44.9 Å². The molecule has 0 spiro atoms. The van der Waals surface area contributed by atoms with Crippen molar-refractivity contribution in [3.8, 4) is 56.4 Å². The van der Waals surface area contributed by atoms with Crippen LogP contribution < -0.4 is 19.8 Å². The van der Waals surface area contributed by atoms with Crippen molar-refractivity contribution in [1.82, 2.24) is 14.1 Å². The number of pyridine rings is 1. The molecule has 3 heterocycles. The Bertz CT molecular complexity index is 4880. The minimum atomic E-state index is -2.26. The molecular formula is C73H68BN5OPt. The second kappa shape index (κ2) is 22.0. The molecule has 81 heavy (non-hydrogen) atoms. The predicted molar refractivity (Wildman–Crippen MR) is 336 cm³/mol. The zero-order valence-electron chi connectivity index (χ0n) is 60.4. The van der Waals surface area contributed by atoms with Crippen molar-refractivity contribution in [3.05, 3.63) is 257 Å². The molecule has 11 aromatic rings. The molecule has 0 fully saturated rings. The van der Waals surface area contributed by atoms with Gasteiger partial charge in [0.15, 0.2) is 0 Å². The van der Waals surface area contributed by atoms with Gasteiger partial charge in [0, 0.05) is 5.69 Å². The second-order valence-corrected chi connectivity index (χ2v) is 23.5. The Morgan fingerprint density at radius 3 is 1.78 bits per heavy atom. The van der Waals surface area contributed by atoms with E-state index in [0.29, 0.717) is 37.3 Å². The van der Waals surface area contributed by atoms with E-state index in [-0.39, 0.29) is 56.2 Å². The van der Waals surface area contributed by atoms with E-state index >= 15 is 0 Å². The summed E-state index contributed by atoms with van der Waals surface area (Å²) >= 11 is 2.22. The van der Waals surface area contributed by atoms with Gasteiger partial charge in [-0.2, -0.15) is 0 Å². The SMILES string of the molecule is [2H]c1c([2H])c([2H])c(-c2cc(C([2H])([2H])C(C)(C)C)cc(-c3ccc(C(C)(C)C)cc3)c2-n2[c](=[Pt])n(-c3cccc(Oc4nc(N5B(c6ccccc6)N(c6ccccc6)c6ccccc65)cc(C([2H])([2H])C(C)C)c4-c4c([2H])c([2H])c([2H])c([2H])c4[2H])c3)c3ccccc32)c([2H])c1[2H]. The average Bonchev–Trinajstić information content (AvgIpc) is 1.69. The van der Waals surface area contributed by atoms with Gasteiger partial charge in [-0.1, -0.05) is 60.7 Å². The Hall–Kier alpha value is -8.25. The van der Waals surface area contributed by atoms with Crippen LogP contribution in [-0.4, -0.2) is 21.1 Å². The summed E-state index contributed by atoms with van der Waals surface area (Å²) in [6.07, 6.45) is -4.29. The minimum absolute atomic E-state index is 0.0305. The van der Waals surface area contributed by atoms with Crippen LogP contribution in [-0.2, 0) is 37.5 Å². The van der Waals surface area contributed by atoms with Crippen LogP contribution in [0.5, 0.6) is 11.6 Å². The van der Waals surface area contributed by atoms with Crippen LogP contribution >= 0.6 is 0 Å². The zero-order chi connectivity index (χ0) is 68.3. The third-order valence-electron chi connectivity index (χ3n) is 14.1. The van der Waals surface area contributed by atoms with Gasteiger partial charge in [-0.15, -0.1) is 0 Å². The van der Waals surface area contributed by atoms with Gasteiger partial charge >= 0.3 is 426 Å². The number of hydrogen-bond acceptors (Lipinski definition) is 4. The van der Waals surface area contributed by atoms with Gasteiger partial charge in [0.2, 0.25) is 0 Å². The molecule has 0 radical (unpaired) electrons. The molecule has 0 aliphatic carbocycles. The third-order valence-corrected chi connectivity index (χ3v) is 15.1. The fourth-order valence-corrected chi connectivity index (χ4v) is 11.8. The number of fused-ring (bicyclic) bond motifs is 2. The molecule has 0 atom stereocenters. The Morgan fingerprint density at radius 2 is 1.15 bits per heavy atom. The van der Waals surface area contributed by atoms with Crippen molar-refractivity contribution in [1.29, 1.82) is 0 Å². The van der Waals surface area contributed by atoms with E-state index < -0.39 is 91.5 Å². The van der Waals surface area contributed by atoms with Gasteiger partial charge < -0.3 is 0 Å². The van der Waals surface area contributed by atoms with E-state index in [1.54, 1.807) is 65.0 Å². The maximum absolute atomic E-state index is 10.0. The third kappa shape index (κ3) is 10.7. The zero-order valence-corrected chi connectivity index (χ0v) is 48.6. The second-order valence-electron chi connectivity index (χ2n) is 22.5. The van der Waals surface area contributed by atoms with E-state index in [1.807, 2.05) is 160 Å². The van der Waals surface area contributed by atoms with Crippen molar-refractivity contribution < 1.29 is 43.3 Å². The molecule has 0 unspecified atom stereocenters. The Labute approximate surface area is 509 Å². The van der Waals surface area contributed by atoms with Gasteiger partial charge in [-0.25, -0.2) is 0 Å². The summed E-state index contributed by atoms with van der Waals surface area (Å²) in [4.78, 5) is 9.57. The van der Waals surface area contributed by atoms with Gasteiger partial charge in [0.25, 0.3) is 0 Å². The summed E-state index contributed by atoms with van der Waals surface area (Å²) < 4.78 is 143. The number of anilines is 4. The van der Waals surface area contributed by atoms with Crippen LogP contribution in [0, 0.1) is 15.1 Å². The van der Waals surface area contributed by atoms with Crippen molar-refractivity contribution in [2.45, 2.75) is 73.6 Å². The quantitative estimate of drug-likeness (QED) is 0.108. The van der Waals surface area contributed by atoms with Gasteiger partial charge in [-0.3, -0.25) is 0 Å². The van der Waals surface area contributed by atoms with E-state index in [9.17, 15) is 11.0 Å². The van der Waals surface area contributed by atoms with Crippen LogP contribution in [0.25, 0.3) is 55.8 Å². The molecule has 6 nitrogen and oxygen atoms in total. The average molecular weight is 1250 g/mol. The molecule has 12 rings (SSSR count). The van der Waals surface area contributed by atoms with Crippen LogP contribution in [0.3, 0.4) is 0 Å². The molecule has 9 aromatic carbocycles. The van der Waals surface area contributed by atoms with Gasteiger partial charge in [0.1, 0.15) is 0 Å². The van der Waals surface area contributed by atoms with Gasteiger partial charge in [-0.05, 0) is 18.2 Å². The summed E-state index contributed by atoms with van der Waals surface area (Å²) in [5.41, 5.74) is 6.35. The molecule has 404 valence electrons. The van der Waals surface area contributed by atoms with Crippen molar-refractivity contribution >= 4 is 46.4 Å².